The summed E-state index contributed by atoms with van der Waals surface area (Å²) in [7, 11) is 0. The van der Waals surface area contributed by atoms with E-state index in [-0.39, 0.29) is 12.0 Å². The first-order chi connectivity index (χ1) is 7.82. The van der Waals surface area contributed by atoms with Crippen molar-refractivity contribution in [2.45, 2.75) is 25.8 Å². The van der Waals surface area contributed by atoms with Crippen molar-refractivity contribution in [1.29, 1.82) is 0 Å². The molecule has 0 aromatic heterocycles. The van der Waals surface area contributed by atoms with Crippen molar-refractivity contribution in [2.75, 3.05) is 0 Å². The molecule has 0 bridgehead atoms. The second-order valence-electron chi connectivity index (χ2n) is 3.81. The molecule has 0 aliphatic heterocycles. The molecule has 0 heterocycles. The van der Waals surface area contributed by atoms with Crippen LogP contribution in [0.1, 0.15) is 23.1 Å². The summed E-state index contributed by atoms with van der Waals surface area (Å²) in [4.78, 5) is 10.6. The van der Waals surface area contributed by atoms with Crippen molar-refractivity contribution in [3.8, 4) is 5.75 Å². The van der Waals surface area contributed by atoms with Crippen molar-refractivity contribution >= 4 is 5.97 Å². The zero-order chi connectivity index (χ0) is 13.2. The Kier molecular flexibility index (Phi) is 4.01. The summed E-state index contributed by atoms with van der Waals surface area (Å²) in [6, 6.07) is 1.38. The minimum absolute atomic E-state index is 0.121. The van der Waals surface area contributed by atoms with E-state index in [9.17, 15) is 18.7 Å². The molecule has 1 aromatic rings. The average Bonchev–Trinajstić information content (AvgIpc) is 2.22. The van der Waals surface area contributed by atoms with Gasteiger partial charge in [0.25, 0.3) is 6.43 Å². The van der Waals surface area contributed by atoms with E-state index < -0.39 is 29.7 Å². The van der Waals surface area contributed by atoms with Gasteiger partial charge in [0.05, 0.1) is 5.56 Å². The molecule has 4 N–H and O–H groups in total. The van der Waals surface area contributed by atoms with E-state index in [4.69, 9.17) is 10.8 Å². The number of hydrogen-bond acceptors (Lipinski definition) is 3. The van der Waals surface area contributed by atoms with E-state index in [0.717, 1.165) is 6.07 Å². The third-order valence-corrected chi connectivity index (χ3v) is 2.35. The van der Waals surface area contributed by atoms with Crippen LogP contribution in [-0.4, -0.2) is 22.2 Å². The van der Waals surface area contributed by atoms with Crippen LogP contribution >= 0.6 is 0 Å². The molecule has 0 spiro atoms. The second kappa shape index (κ2) is 5.09. The normalized spacial score (nSPS) is 12.8. The van der Waals surface area contributed by atoms with Crippen molar-refractivity contribution < 1.29 is 23.8 Å². The van der Waals surface area contributed by atoms with Gasteiger partial charge in [-0.3, -0.25) is 4.79 Å². The van der Waals surface area contributed by atoms with Crippen molar-refractivity contribution in [3.05, 3.63) is 28.8 Å². The molecule has 0 saturated carbocycles. The Bertz CT molecular complexity index is 435. The first-order valence-corrected chi connectivity index (χ1v) is 4.91. The number of aromatic hydroxyl groups is 1. The van der Waals surface area contributed by atoms with Gasteiger partial charge in [-0.05, 0) is 18.6 Å². The Labute approximate surface area is 96.7 Å². The molecule has 0 radical (unpaired) electrons. The van der Waals surface area contributed by atoms with E-state index >= 15 is 0 Å². The Morgan fingerprint density at radius 3 is 2.53 bits per heavy atom. The van der Waals surface area contributed by atoms with Gasteiger partial charge in [-0.1, -0.05) is 11.6 Å². The molecule has 1 aromatic carbocycles. The molecule has 0 aliphatic rings. The molecule has 94 valence electrons. The number of phenols is 1. The molecule has 0 saturated heterocycles. The number of carboxylic acids is 1. The Morgan fingerprint density at radius 2 is 2.06 bits per heavy atom. The minimum Gasteiger partial charge on any atom is -0.507 e. The number of carboxylic acid groups (broad SMARTS) is 1. The fraction of sp³-hybridized carbons (Fsp3) is 0.364. The predicted octanol–water partition coefficient (Wildman–Crippen LogP) is 1.59. The monoisotopic (exact) mass is 245 g/mol. The lowest BCUT2D eigenvalue weighted by Crippen LogP contribution is -2.32. The van der Waals surface area contributed by atoms with Crippen molar-refractivity contribution in [1.82, 2.24) is 0 Å². The van der Waals surface area contributed by atoms with Gasteiger partial charge in [-0.25, -0.2) is 8.78 Å². The molecule has 4 nitrogen and oxygen atoms in total. The van der Waals surface area contributed by atoms with Crippen LogP contribution in [0, 0.1) is 6.92 Å². The second-order valence-corrected chi connectivity index (χ2v) is 3.81. The number of carbonyl (C=O) groups is 1. The van der Waals surface area contributed by atoms with E-state index in [2.05, 4.69) is 0 Å². The number of aliphatic carboxylic acids is 1. The zero-order valence-electron chi connectivity index (χ0n) is 9.15. The van der Waals surface area contributed by atoms with E-state index in [1.54, 1.807) is 6.92 Å². The SMILES string of the molecule is Cc1cc(CC(N)C(=O)O)c(O)c(C(F)F)c1. The van der Waals surface area contributed by atoms with Crippen LogP contribution in [0.2, 0.25) is 0 Å². The van der Waals surface area contributed by atoms with E-state index in [0.29, 0.717) is 5.56 Å². The topological polar surface area (TPSA) is 83.6 Å². The smallest absolute Gasteiger partial charge is 0.320 e. The fourth-order valence-corrected chi connectivity index (χ4v) is 1.53. The zero-order valence-corrected chi connectivity index (χ0v) is 9.15. The molecule has 0 amide bonds. The number of nitrogens with two attached hydrogens (primary N) is 1. The van der Waals surface area contributed by atoms with Gasteiger partial charge in [0.2, 0.25) is 0 Å². The highest BCUT2D eigenvalue weighted by atomic mass is 19.3. The third-order valence-electron chi connectivity index (χ3n) is 2.35. The lowest BCUT2D eigenvalue weighted by atomic mass is 9.99. The third kappa shape index (κ3) is 3.13. The first kappa shape index (κ1) is 13.4. The summed E-state index contributed by atoms with van der Waals surface area (Å²) >= 11 is 0. The molecule has 1 atom stereocenters. The van der Waals surface area contributed by atoms with Crippen LogP contribution in [-0.2, 0) is 11.2 Å². The number of alkyl halides is 2. The lowest BCUT2D eigenvalue weighted by Gasteiger charge is -2.13. The van der Waals surface area contributed by atoms with Gasteiger partial charge >= 0.3 is 5.97 Å². The summed E-state index contributed by atoms with van der Waals surface area (Å²) in [6.45, 7) is 1.58. The summed E-state index contributed by atoms with van der Waals surface area (Å²) in [5.74, 6) is -1.83. The van der Waals surface area contributed by atoms with Crippen LogP contribution in [0.15, 0.2) is 12.1 Å². The summed E-state index contributed by atoms with van der Waals surface area (Å²) in [5, 5.41) is 18.2. The van der Waals surface area contributed by atoms with Gasteiger partial charge in [0.1, 0.15) is 11.8 Å². The van der Waals surface area contributed by atoms with Gasteiger partial charge in [-0.15, -0.1) is 0 Å². The maximum atomic E-state index is 12.6. The van der Waals surface area contributed by atoms with Crippen molar-refractivity contribution in [3.63, 3.8) is 0 Å². The number of halogens is 2. The fourth-order valence-electron chi connectivity index (χ4n) is 1.53. The lowest BCUT2D eigenvalue weighted by molar-refractivity contribution is -0.138. The molecule has 17 heavy (non-hydrogen) atoms. The van der Waals surface area contributed by atoms with Crippen LogP contribution < -0.4 is 5.73 Å². The number of hydrogen-bond donors (Lipinski definition) is 3. The summed E-state index contributed by atoms with van der Waals surface area (Å²) in [5.41, 5.74) is 5.43. The Balaban J connectivity index is 3.11. The van der Waals surface area contributed by atoms with Crippen molar-refractivity contribution in [2.24, 2.45) is 5.73 Å². The summed E-state index contributed by atoms with van der Waals surface area (Å²) in [6.07, 6.45) is -3.00. The highest BCUT2D eigenvalue weighted by Crippen LogP contribution is 2.32. The molecule has 1 rings (SSSR count). The predicted molar refractivity (Wildman–Crippen MR) is 57.1 cm³/mol. The highest BCUT2D eigenvalue weighted by molar-refractivity contribution is 5.73. The standard InChI is InChI=1S/C11H13F2NO3/c1-5-2-6(4-8(14)11(16)17)9(15)7(3-5)10(12)13/h2-3,8,10,15H,4,14H2,1H3,(H,16,17). The number of aryl methyl sites for hydroxylation is 1. The van der Waals surface area contributed by atoms with Crippen LogP contribution in [0.4, 0.5) is 8.78 Å². The van der Waals surface area contributed by atoms with Crippen LogP contribution in [0.25, 0.3) is 0 Å². The van der Waals surface area contributed by atoms with Gasteiger partial charge in [0.15, 0.2) is 0 Å². The Morgan fingerprint density at radius 1 is 1.47 bits per heavy atom. The van der Waals surface area contributed by atoms with Gasteiger partial charge in [-0.2, -0.15) is 0 Å². The molecule has 0 fully saturated rings. The summed E-state index contributed by atoms with van der Waals surface area (Å²) < 4.78 is 25.2. The van der Waals surface area contributed by atoms with Gasteiger partial charge in [0, 0.05) is 6.42 Å². The maximum absolute atomic E-state index is 12.6. The average molecular weight is 245 g/mol. The first-order valence-electron chi connectivity index (χ1n) is 4.91. The Hall–Kier alpha value is -1.69. The number of rotatable bonds is 4. The highest BCUT2D eigenvalue weighted by Gasteiger charge is 2.20. The quantitative estimate of drug-likeness (QED) is 0.752. The molecule has 1 unspecified atom stereocenters. The molecular formula is C11H13F2NO3. The van der Waals surface area contributed by atoms with Gasteiger partial charge < -0.3 is 15.9 Å². The van der Waals surface area contributed by atoms with E-state index in [1.165, 1.54) is 6.07 Å². The molecular weight excluding hydrogens is 232 g/mol. The molecule has 6 heteroatoms. The largest absolute Gasteiger partial charge is 0.507 e. The molecule has 0 aliphatic carbocycles. The van der Waals surface area contributed by atoms with E-state index in [1.807, 2.05) is 0 Å². The number of benzene rings is 1. The minimum atomic E-state index is -2.81. The maximum Gasteiger partial charge on any atom is 0.320 e. The number of phenolic OH excluding ortho intramolecular Hbond substituents is 1. The van der Waals surface area contributed by atoms with Crippen LogP contribution in [0.3, 0.4) is 0 Å². The van der Waals surface area contributed by atoms with Crippen LogP contribution in [0.5, 0.6) is 5.75 Å².